The third kappa shape index (κ3) is 3.96. The fraction of sp³-hybridized carbons (Fsp3) is 0.579. The zero-order valence-corrected chi connectivity index (χ0v) is 14.4. The van der Waals surface area contributed by atoms with Gasteiger partial charge in [0.05, 0.1) is 12.1 Å². The molecule has 130 valence electrons. The molecule has 0 radical (unpaired) electrons. The number of hydrogen-bond acceptors (Lipinski definition) is 3. The maximum Gasteiger partial charge on any atom is 0.234 e. The van der Waals surface area contributed by atoms with Gasteiger partial charge in [-0.1, -0.05) is 30.3 Å². The minimum absolute atomic E-state index is 0.00352. The lowest BCUT2D eigenvalue weighted by Gasteiger charge is -2.43. The Bertz CT molecular complexity index is 584. The lowest BCUT2D eigenvalue weighted by molar-refractivity contribution is -0.125. The van der Waals surface area contributed by atoms with Crippen LogP contribution in [-0.4, -0.2) is 42.4 Å². The third-order valence-electron chi connectivity index (χ3n) is 5.19. The van der Waals surface area contributed by atoms with Gasteiger partial charge in [-0.2, -0.15) is 0 Å². The monoisotopic (exact) mass is 329 g/mol. The molecule has 5 heteroatoms. The van der Waals surface area contributed by atoms with Crippen LogP contribution in [0.5, 0.6) is 0 Å². The second-order valence-corrected chi connectivity index (χ2v) is 7.12. The quantitative estimate of drug-likeness (QED) is 0.866. The van der Waals surface area contributed by atoms with Crippen LogP contribution < -0.4 is 10.6 Å². The van der Waals surface area contributed by atoms with Gasteiger partial charge < -0.3 is 10.6 Å². The molecule has 2 amide bonds. The summed E-state index contributed by atoms with van der Waals surface area (Å²) in [6.45, 7) is 3.63. The van der Waals surface area contributed by atoms with Gasteiger partial charge >= 0.3 is 0 Å². The highest BCUT2D eigenvalue weighted by Gasteiger charge is 2.40. The van der Waals surface area contributed by atoms with Gasteiger partial charge in [-0.25, -0.2) is 0 Å². The Hall–Kier alpha value is -1.88. The fourth-order valence-corrected chi connectivity index (χ4v) is 3.89. The number of nitrogens with zero attached hydrogens (tertiary/aromatic N) is 1. The van der Waals surface area contributed by atoms with Gasteiger partial charge in [0.15, 0.2) is 0 Å². The van der Waals surface area contributed by atoms with Gasteiger partial charge in [-0.05, 0) is 44.2 Å². The van der Waals surface area contributed by atoms with Gasteiger partial charge in [-0.15, -0.1) is 0 Å². The van der Waals surface area contributed by atoms with Crippen LogP contribution in [0.3, 0.4) is 0 Å². The molecule has 3 rings (SSSR count). The topological polar surface area (TPSA) is 61.4 Å². The minimum Gasteiger partial charge on any atom is -0.352 e. The summed E-state index contributed by atoms with van der Waals surface area (Å²) in [5, 5.41) is 6.25. The maximum atomic E-state index is 12.6. The van der Waals surface area contributed by atoms with Crippen LogP contribution in [-0.2, 0) is 15.1 Å². The van der Waals surface area contributed by atoms with Crippen molar-refractivity contribution in [3.05, 3.63) is 35.9 Å². The van der Waals surface area contributed by atoms with Crippen LogP contribution in [0.1, 0.15) is 44.6 Å². The smallest absolute Gasteiger partial charge is 0.234 e. The fourth-order valence-electron chi connectivity index (χ4n) is 3.89. The molecular formula is C19H27N3O2. The molecular weight excluding hydrogens is 302 g/mol. The third-order valence-corrected chi connectivity index (χ3v) is 5.19. The van der Waals surface area contributed by atoms with E-state index in [0.717, 1.165) is 45.2 Å². The van der Waals surface area contributed by atoms with E-state index in [1.54, 1.807) is 6.92 Å². The number of carbonyl (C=O) groups excluding carboxylic acids is 2. The number of hydrogen-bond donors (Lipinski definition) is 2. The molecule has 2 aliphatic rings. The number of amides is 2. The molecule has 1 aliphatic carbocycles. The predicted octanol–water partition coefficient (Wildman–Crippen LogP) is 1.78. The van der Waals surface area contributed by atoms with E-state index in [4.69, 9.17) is 0 Å². The maximum absolute atomic E-state index is 12.6. The lowest BCUT2D eigenvalue weighted by Crippen LogP contribution is -2.55. The summed E-state index contributed by atoms with van der Waals surface area (Å²) in [6, 6.07) is 10.4. The highest BCUT2D eigenvalue weighted by molar-refractivity contribution is 5.79. The Labute approximate surface area is 143 Å². The molecule has 2 N–H and O–H groups in total. The Morgan fingerprint density at radius 2 is 1.96 bits per heavy atom. The summed E-state index contributed by atoms with van der Waals surface area (Å²) in [5.41, 5.74) is 1.03. The molecule has 1 aromatic carbocycles. The normalized spacial score (nSPS) is 23.1. The predicted molar refractivity (Wildman–Crippen MR) is 93.4 cm³/mol. The number of rotatable bonds is 5. The first-order chi connectivity index (χ1) is 11.6. The molecule has 1 saturated carbocycles. The average molecular weight is 329 g/mol. The SMILES string of the molecule is CC(=O)NC1CCCN(CC(=O)NC2(c3ccccc3)CCC2)C1. The zero-order chi connectivity index (χ0) is 17.0. The highest BCUT2D eigenvalue weighted by atomic mass is 16.2. The van der Waals surface area contributed by atoms with Crippen LogP contribution in [0.25, 0.3) is 0 Å². The standard InChI is InChI=1S/C19H27N3O2/c1-15(23)20-17-9-5-12-22(13-17)14-18(24)21-19(10-6-11-19)16-7-3-2-4-8-16/h2-4,7-8,17H,5-6,9-14H2,1H3,(H,20,23)(H,21,24). The summed E-state index contributed by atoms with van der Waals surface area (Å²) in [5.74, 6) is 0.0887. The van der Waals surface area contributed by atoms with Crippen LogP contribution in [0.15, 0.2) is 30.3 Å². The molecule has 24 heavy (non-hydrogen) atoms. The van der Waals surface area contributed by atoms with Crippen LogP contribution in [0, 0.1) is 0 Å². The lowest BCUT2D eigenvalue weighted by atomic mass is 9.72. The number of benzene rings is 1. The van der Waals surface area contributed by atoms with Gasteiger partial charge in [-0.3, -0.25) is 14.5 Å². The van der Waals surface area contributed by atoms with Crippen LogP contribution in [0.2, 0.25) is 0 Å². The highest BCUT2D eigenvalue weighted by Crippen LogP contribution is 2.41. The molecule has 1 heterocycles. The minimum atomic E-state index is -0.175. The number of piperidine rings is 1. The summed E-state index contributed by atoms with van der Waals surface area (Å²) >= 11 is 0. The average Bonchev–Trinajstić information content (AvgIpc) is 2.51. The van der Waals surface area contributed by atoms with Crippen molar-refractivity contribution in [1.82, 2.24) is 15.5 Å². The van der Waals surface area contributed by atoms with Gasteiger partial charge in [0.1, 0.15) is 0 Å². The molecule has 0 spiro atoms. The van der Waals surface area contributed by atoms with E-state index in [1.807, 2.05) is 18.2 Å². The molecule has 0 aromatic heterocycles. The van der Waals surface area contributed by atoms with Crippen LogP contribution in [0.4, 0.5) is 0 Å². The van der Waals surface area contributed by atoms with Crippen LogP contribution >= 0.6 is 0 Å². The van der Waals surface area contributed by atoms with Crippen molar-refractivity contribution in [3.8, 4) is 0 Å². The molecule has 5 nitrogen and oxygen atoms in total. The van der Waals surface area contributed by atoms with E-state index < -0.39 is 0 Å². The number of carbonyl (C=O) groups is 2. The second kappa shape index (κ2) is 7.34. The molecule has 2 fully saturated rings. The van der Waals surface area contributed by atoms with Crippen molar-refractivity contribution in [2.24, 2.45) is 0 Å². The van der Waals surface area contributed by atoms with Crippen molar-refractivity contribution < 1.29 is 9.59 Å². The molecule has 1 atom stereocenters. The Kier molecular flexibility index (Phi) is 5.19. The van der Waals surface area contributed by atoms with E-state index in [2.05, 4.69) is 27.7 Å². The zero-order valence-electron chi connectivity index (χ0n) is 14.4. The summed E-state index contributed by atoms with van der Waals surface area (Å²) in [7, 11) is 0. The van der Waals surface area contributed by atoms with Crippen molar-refractivity contribution in [3.63, 3.8) is 0 Å². The summed E-state index contributed by atoms with van der Waals surface area (Å²) in [6.07, 6.45) is 5.19. The van der Waals surface area contributed by atoms with Gasteiger partial charge in [0.25, 0.3) is 0 Å². The number of likely N-dealkylation sites (tertiary alicyclic amines) is 1. The molecule has 1 unspecified atom stereocenters. The second-order valence-electron chi connectivity index (χ2n) is 7.12. The van der Waals surface area contributed by atoms with Crippen molar-refractivity contribution in [2.75, 3.05) is 19.6 Å². The van der Waals surface area contributed by atoms with E-state index >= 15 is 0 Å². The molecule has 0 bridgehead atoms. The Balaban J connectivity index is 1.56. The largest absolute Gasteiger partial charge is 0.352 e. The first kappa shape index (κ1) is 17.0. The van der Waals surface area contributed by atoms with Gasteiger partial charge in [0, 0.05) is 19.5 Å². The van der Waals surface area contributed by atoms with Crippen molar-refractivity contribution in [2.45, 2.75) is 50.6 Å². The number of nitrogens with one attached hydrogen (secondary N) is 2. The summed E-state index contributed by atoms with van der Waals surface area (Å²) < 4.78 is 0. The Morgan fingerprint density at radius 3 is 2.58 bits per heavy atom. The van der Waals surface area contributed by atoms with Gasteiger partial charge in [0.2, 0.25) is 11.8 Å². The summed E-state index contributed by atoms with van der Waals surface area (Å²) in [4.78, 5) is 26.0. The van der Waals surface area contributed by atoms with E-state index in [9.17, 15) is 9.59 Å². The van der Waals surface area contributed by atoms with Crippen molar-refractivity contribution in [1.29, 1.82) is 0 Å². The first-order valence-corrected chi connectivity index (χ1v) is 8.93. The molecule has 1 aromatic rings. The molecule has 1 saturated heterocycles. The van der Waals surface area contributed by atoms with E-state index in [1.165, 1.54) is 5.56 Å². The molecule has 1 aliphatic heterocycles. The van der Waals surface area contributed by atoms with Crippen molar-refractivity contribution >= 4 is 11.8 Å². The van der Waals surface area contributed by atoms with E-state index in [0.29, 0.717) is 6.54 Å². The first-order valence-electron chi connectivity index (χ1n) is 8.93. The van der Waals surface area contributed by atoms with E-state index in [-0.39, 0.29) is 23.4 Å². The Morgan fingerprint density at radius 1 is 1.21 bits per heavy atom.